The lowest BCUT2D eigenvalue weighted by Crippen LogP contribution is -2.51. The predicted octanol–water partition coefficient (Wildman–Crippen LogP) is 1.32. The van der Waals surface area contributed by atoms with E-state index >= 15 is 0 Å². The molecule has 0 unspecified atom stereocenters. The van der Waals surface area contributed by atoms with Gasteiger partial charge in [-0.1, -0.05) is 0 Å². The van der Waals surface area contributed by atoms with Crippen LogP contribution in [0.1, 0.15) is 31.1 Å². The third kappa shape index (κ3) is 5.48. The number of esters is 1. The Labute approximate surface area is 147 Å². The molecule has 0 atom stereocenters. The highest BCUT2D eigenvalue weighted by Gasteiger charge is 2.23. The lowest BCUT2D eigenvalue weighted by atomic mass is 10.2. The van der Waals surface area contributed by atoms with Crippen LogP contribution in [0.4, 0.5) is 0 Å². The largest absolute Gasteiger partial charge is 0.491 e. The van der Waals surface area contributed by atoms with E-state index in [0.29, 0.717) is 37.5 Å². The topological polar surface area (TPSA) is 76.2 Å². The van der Waals surface area contributed by atoms with Crippen LogP contribution >= 0.6 is 0 Å². The van der Waals surface area contributed by atoms with Crippen LogP contribution in [0, 0.1) is 0 Å². The monoisotopic (exact) mass is 348 g/mol. The molecule has 1 aromatic rings. The van der Waals surface area contributed by atoms with Gasteiger partial charge in [0.15, 0.2) is 6.61 Å². The van der Waals surface area contributed by atoms with Crippen LogP contribution in [0.25, 0.3) is 0 Å². The van der Waals surface area contributed by atoms with E-state index in [0.717, 1.165) is 0 Å². The molecule has 0 bridgehead atoms. The van der Waals surface area contributed by atoms with Gasteiger partial charge in [-0.3, -0.25) is 9.59 Å². The molecule has 136 valence electrons. The maximum absolute atomic E-state index is 12.1. The van der Waals surface area contributed by atoms with Crippen LogP contribution < -0.4 is 4.74 Å². The van der Waals surface area contributed by atoms with E-state index in [1.807, 2.05) is 13.8 Å². The zero-order valence-electron chi connectivity index (χ0n) is 14.9. The van der Waals surface area contributed by atoms with Crippen molar-refractivity contribution in [3.05, 3.63) is 29.8 Å². The van der Waals surface area contributed by atoms with Gasteiger partial charge >= 0.3 is 5.97 Å². The number of piperazine rings is 1. The van der Waals surface area contributed by atoms with Crippen molar-refractivity contribution in [3.63, 3.8) is 0 Å². The highest BCUT2D eigenvalue weighted by atomic mass is 16.5. The quantitative estimate of drug-likeness (QED) is 0.750. The van der Waals surface area contributed by atoms with E-state index in [1.54, 1.807) is 34.1 Å². The number of rotatable bonds is 5. The average Bonchev–Trinajstić information content (AvgIpc) is 2.59. The molecule has 1 aliphatic heterocycles. The molecular weight excluding hydrogens is 324 g/mol. The third-order valence-electron chi connectivity index (χ3n) is 3.87. The third-order valence-corrected chi connectivity index (χ3v) is 3.87. The minimum Gasteiger partial charge on any atom is -0.491 e. The van der Waals surface area contributed by atoms with Crippen molar-refractivity contribution in [2.45, 2.75) is 26.9 Å². The number of amides is 2. The Kier molecular flexibility index (Phi) is 6.38. The Bertz CT molecular complexity index is 619. The summed E-state index contributed by atoms with van der Waals surface area (Å²) in [6, 6.07) is 6.60. The molecule has 0 aliphatic carbocycles. The summed E-state index contributed by atoms with van der Waals surface area (Å²) in [6.07, 6.45) is 0.0545. The molecule has 7 heteroatoms. The second kappa shape index (κ2) is 8.50. The van der Waals surface area contributed by atoms with Gasteiger partial charge in [-0.15, -0.1) is 0 Å². The van der Waals surface area contributed by atoms with E-state index in [1.165, 1.54) is 6.92 Å². The fraction of sp³-hybridized carbons (Fsp3) is 0.500. The number of benzene rings is 1. The molecule has 0 spiro atoms. The first-order valence-electron chi connectivity index (χ1n) is 8.34. The Morgan fingerprint density at radius 2 is 1.56 bits per heavy atom. The fourth-order valence-electron chi connectivity index (χ4n) is 2.51. The molecular formula is C18H24N2O5. The number of nitrogens with zero attached hydrogens (tertiary/aromatic N) is 2. The molecule has 1 aliphatic rings. The van der Waals surface area contributed by atoms with Crippen LogP contribution in [-0.2, 0) is 14.3 Å². The zero-order chi connectivity index (χ0) is 18.4. The average molecular weight is 348 g/mol. The van der Waals surface area contributed by atoms with Crippen LogP contribution in [0.15, 0.2) is 24.3 Å². The summed E-state index contributed by atoms with van der Waals surface area (Å²) in [6.45, 7) is 6.97. The van der Waals surface area contributed by atoms with Crippen LogP contribution in [0.2, 0.25) is 0 Å². The Morgan fingerprint density at radius 1 is 1.00 bits per heavy atom. The predicted molar refractivity (Wildman–Crippen MR) is 91.3 cm³/mol. The van der Waals surface area contributed by atoms with Gasteiger partial charge in [-0.2, -0.15) is 0 Å². The molecule has 0 saturated carbocycles. The minimum absolute atomic E-state index is 0.00317. The normalized spacial score (nSPS) is 14.4. The number of hydrogen-bond donors (Lipinski definition) is 0. The van der Waals surface area contributed by atoms with Crippen molar-refractivity contribution in [3.8, 4) is 5.75 Å². The second-order valence-corrected chi connectivity index (χ2v) is 6.15. The Hall–Kier alpha value is -2.57. The summed E-state index contributed by atoms with van der Waals surface area (Å²) >= 11 is 0. The highest BCUT2D eigenvalue weighted by molar-refractivity contribution is 5.91. The minimum atomic E-state index is -0.549. The van der Waals surface area contributed by atoms with Gasteiger partial charge in [0.05, 0.1) is 11.7 Å². The van der Waals surface area contributed by atoms with E-state index in [9.17, 15) is 14.4 Å². The molecule has 7 nitrogen and oxygen atoms in total. The van der Waals surface area contributed by atoms with E-state index in [2.05, 4.69) is 0 Å². The molecule has 0 aromatic heterocycles. The standard InChI is InChI=1S/C18H24N2O5/c1-13(2)25-16-6-4-15(5-7-16)18(23)24-12-17(22)20-10-8-19(9-11-20)14(3)21/h4-7,13H,8-12H2,1-3H3. The summed E-state index contributed by atoms with van der Waals surface area (Å²) in [5.41, 5.74) is 0.366. The molecule has 0 radical (unpaired) electrons. The summed E-state index contributed by atoms with van der Waals surface area (Å²) in [5, 5.41) is 0. The summed E-state index contributed by atoms with van der Waals surface area (Å²) < 4.78 is 10.6. The van der Waals surface area contributed by atoms with Gasteiger partial charge in [0, 0.05) is 33.1 Å². The van der Waals surface area contributed by atoms with Crippen LogP contribution in [0.3, 0.4) is 0 Å². The van der Waals surface area contributed by atoms with Gasteiger partial charge in [0.2, 0.25) is 5.91 Å². The molecule has 1 fully saturated rings. The number of ether oxygens (including phenoxy) is 2. The molecule has 2 amide bonds. The molecule has 1 saturated heterocycles. The SMILES string of the molecule is CC(=O)N1CCN(C(=O)COC(=O)c2ccc(OC(C)C)cc2)CC1. The Balaban J connectivity index is 1.79. The first kappa shape index (κ1) is 18.8. The first-order valence-corrected chi connectivity index (χ1v) is 8.34. The molecule has 0 N–H and O–H groups in total. The maximum atomic E-state index is 12.1. The van der Waals surface area contributed by atoms with Gasteiger partial charge in [-0.25, -0.2) is 4.79 Å². The number of hydrogen-bond acceptors (Lipinski definition) is 5. The number of carbonyl (C=O) groups is 3. The molecule has 1 aromatic carbocycles. The Morgan fingerprint density at radius 3 is 2.08 bits per heavy atom. The first-order chi connectivity index (χ1) is 11.9. The highest BCUT2D eigenvalue weighted by Crippen LogP contribution is 2.14. The van der Waals surface area contributed by atoms with Crippen molar-refractivity contribution in [2.24, 2.45) is 0 Å². The molecule has 25 heavy (non-hydrogen) atoms. The van der Waals surface area contributed by atoms with Crippen molar-refractivity contribution < 1.29 is 23.9 Å². The van der Waals surface area contributed by atoms with E-state index < -0.39 is 5.97 Å². The fourth-order valence-corrected chi connectivity index (χ4v) is 2.51. The maximum Gasteiger partial charge on any atom is 0.338 e. The van der Waals surface area contributed by atoms with E-state index in [4.69, 9.17) is 9.47 Å². The number of carbonyl (C=O) groups excluding carboxylic acids is 3. The van der Waals surface area contributed by atoms with Gasteiger partial charge in [0.25, 0.3) is 5.91 Å². The van der Waals surface area contributed by atoms with Crippen LogP contribution in [0.5, 0.6) is 5.75 Å². The second-order valence-electron chi connectivity index (χ2n) is 6.15. The summed E-state index contributed by atoms with van der Waals surface area (Å²) in [5.74, 6) is -0.127. The van der Waals surface area contributed by atoms with Gasteiger partial charge < -0.3 is 19.3 Å². The van der Waals surface area contributed by atoms with Crippen molar-refractivity contribution >= 4 is 17.8 Å². The smallest absolute Gasteiger partial charge is 0.338 e. The van der Waals surface area contributed by atoms with Gasteiger partial charge in [0.1, 0.15) is 5.75 Å². The summed E-state index contributed by atoms with van der Waals surface area (Å²) in [7, 11) is 0. The molecule has 2 rings (SSSR count). The molecule has 1 heterocycles. The lowest BCUT2D eigenvalue weighted by molar-refractivity contribution is -0.140. The van der Waals surface area contributed by atoms with E-state index in [-0.39, 0.29) is 24.5 Å². The zero-order valence-corrected chi connectivity index (χ0v) is 14.9. The van der Waals surface area contributed by atoms with Gasteiger partial charge in [-0.05, 0) is 38.1 Å². The van der Waals surface area contributed by atoms with Crippen molar-refractivity contribution in [1.82, 2.24) is 9.80 Å². The van der Waals surface area contributed by atoms with Crippen molar-refractivity contribution in [2.75, 3.05) is 32.8 Å². The van der Waals surface area contributed by atoms with Crippen molar-refractivity contribution in [1.29, 1.82) is 0 Å². The lowest BCUT2D eigenvalue weighted by Gasteiger charge is -2.34. The summed E-state index contributed by atoms with van der Waals surface area (Å²) in [4.78, 5) is 38.7. The van der Waals surface area contributed by atoms with Crippen LogP contribution in [-0.4, -0.2) is 66.5 Å².